The Hall–Kier alpha value is -3.44. The van der Waals surface area contributed by atoms with Gasteiger partial charge in [0.15, 0.2) is 22.9 Å². The summed E-state index contributed by atoms with van der Waals surface area (Å²) in [5.74, 6) is 4.41. The monoisotopic (exact) mass is 412 g/mol. The van der Waals surface area contributed by atoms with E-state index in [4.69, 9.17) is 25.4 Å². The molecule has 3 aromatic rings. The number of nitrogens with zero attached hydrogens (tertiary/aromatic N) is 2. The van der Waals surface area contributed by atoms with Gasteiger partial charge in [-0.25, -0.2) is 0 Å². The van der Waals surface area contributed by atoms with E-state index in [1.807, 2.05) is 6.07 Å². The molecule has 1 heterocycles. The van der Waals surface area contributed by atoms with Crippen molar-refractivity contribution in [3.63, 3.8) is 0 Å². The summed E-state index contributed by atoms with van der Waals surface area (Å²) in [5.41, 5.74) is 0.729. The minimum atomic E-state index is -0.453. The fourth-order valence-electron chi connectivity index (χ4n) is 2.79. The first-order chi connectivity index (χ1) is 14.1. The standard InChI is InChI=1S/C21H20N2O5S/c1-5-12-23-19-16(26-3)10-11-17(27-4)20(19)29-21(23)22-18(24)13-28-15-9-7-6-8-14(15)25-2/h1,6-11H,12-13H2,2-4H3. The summed E-state index contributed by atoms with van der Waals surface area (Å²) in [7, 11) is 4.69. The van der Waals surface area contributed by atoms with Crippen molar-refractivity contribution in [1.82, 2.24) is 4.57 Å². The van der Waals surface area contributed by atoms with Gasteiger partial charge in [-0.2, -0.15) is 4.99 Å². The number of hydrogen-bond donors (Lipinski definition) is 0. The lowest BCUT2D eigenvalue weighted by molar-refractivity contribution is -0.120. The summed E-state index contributed by atoms with van der Waals surface area (Å²) >= 11 is 1.30. The number of carbonyl (C=O) groups is 1. The van der Waals surface area contributed by atoms with Crippen LogP contribution in [0, 0.1) is 12.3 Å². The molecule has 0 N–H and O–H groups in total. The second-order valence-electron chi connectivity index (χ2n) is 5.77. The number of methoxy groups -OCH3 is 3. The van der Waals surface area contributed by atoms with Crippen LogP contribution in [0.3, 0.4) is 0 Å². The highest BCUT2D eigenvalue weighted by Crippen LogP contribution is 2.35. The molecule has 0 aliphatic heterocycles. The lowest BCUT2D eigenvalue weighted by Gasteiger charge is -2.08. The van der Waals surface area contributed by atoms with Gasteiger partial charge in [-0.3, -0.25) is 4.79 Å². The number of terminal acetylenes is 1. The van der Waals surface area contributed by atoms with Crippen LogP contribution in [0.15, 0.2) is 41.4 Å². The molecule has 0 saturated carbocycles. The molecule has 29 heavy (non-hydrogen) atoms. The van der Waals surface area contributed by atoms with Crippen LogP contribution in [-0.2, 0) is 11.3 Å². The zero-order valence-electron chi connectivity index (χ0n) is 16.3. The van der Waals surface area contributed by atoms with E-state index >= 15 is 0 Å². The summed E-state index contributed by atoms with van der Waals surface area (Å²) in [5, 5.41) is 0. The molecule has 8 heteroatoms. The molecule has 0 aliphatic carbocycles. The van der Waals surface area contributed by atoms with Gasteiger partial charge in [-0.05, 0) is 24.3 Å². The third-order valence-corrected chi connectivity index (χ3v) is 5.18. The van der Waals surface area contributed by atoms with E-state index in [0.717, 1.165) is 10.2 Å². The molecule has 150 valence electrons. The van der Waals surface area contributed by atoms with Gasteiger partial charge in [0.1, 0.15) is 21.7 Å². The molecule has 0 bridgehead atoms. The van der Waals surface area contributed by atoms with Crippen molar-refractivity contribution in [1.29, 1.82) is 0 Å². The molecular formula is C21H20N2O5S. The van der Waals surface area contributed by atoms with Gasteiger partial charge in [0.2, 0.25) is 0 Å². The van der Waals surface area contributed by atoms with E-state index in [9.17, 15) is 4.79 Å². The Balaban J connectivity index is 1.99. The molecule has 1 amide bonds. The molecule has 0 spiro atoms. The third-order valence-electron chi connectivity index (χ3n) is 4.08. The second-order valence-corrected chi connectivity index (χ2v) is 6.75. The van der Waals surface area contributed by atoms with Gasteiger partial charge in [-0.15, -0.1) is 6.42 Å². The maximum Gasteiger partial charge on any atom is 0.286 e. The number of carbonyl (C=O) groups excluding carboxylic acids is 1. The van der Waals surface area contributed by atoms with E-state index in [0.29, 0.717) is 27.8 Å². The summed E-state index contributed by atoms with van der Waals surface area (Å²) in [6.07, 6.45) is 5.54. The van der Waals surface area contributed by atoms with Gasteiger partial charge in [0, 0.05) is 0 Å². The topological polar surface area (TPSA) is 71.3 Å². The van der Waals surface area contributed by atoms with Crippen molar-refractivity contribution in [2.75, 3.05) is 27.9 Å². The van der Waals surface area contributed by atoms with Crippen molar-refractivity contribution < 1.29 is 23.7 Å². The Labute approximate surface area is 172 Å². The lowest BCUT2D eigenvalue weighted by Crippen LogP contribution is -2.19. The maximum atomic E-state index is 12.5. The Bertz CT molecular complexity index is 1140. The van der Waals surface area contributed by atoms with Crippen LogP contribution in [0.25, 0.3) is 10.2 Å². The number of benzene rings is 2. The third kappa shape index (κ3) is 4.20. The zero-order chi connectivity index (χ0) is 20.8. The molecule has 1 aromatic heterocycles. The number of rotatable bonds is 7. The van der Waals surface area contributed by atoms with Gasteiger partial charge < -0.3 is 23.5 Å². The minimum absolute atomic E-state index is 0.225. The summed E-state index contributed by atoms with van der Waals surface area (Å²) < 4.78 is 24.2. The van der Waals surface area contributed by atoms with Crippen LogP contribution >= 0.6 is 11.3 Å². The molecule has 0 saturated heterocycles. The van der Waals surface area contributed by atoms with Crippen LogP contribution in [0.4, 0.5) is 0 Å². The smallest absolute Gasteiger partial charge is 0.286 e. The zero-order valence-corrected chi connectivity index (χ0v) is 17.1. The van der Waals surface area contributed by atoms with E-state index in [1.165, 1.54) is 18.4 Å². The highest BCUT2D eigenvalue weighted by Gasteiger charge is 2.16. The maximum absolute atomic E-state index is 12.5. The van der Waals surface area contributed by atoms with Gasteiger partial charge in [0.25, 0.3) is 5.91 Å². The van der Waals surface area contributed by atoms with Crippen molar-refractivity contribution in [2.45, 2.75) is 6.54 Å². The predicted molar refractivity (Wildman–Crippen MR) is 111 cm³/mol. The normalized spacial score (nSPS) is 11.2. The van der Waals surface area contributed by atoms with Crippen LogP contribution < -0.4 is 23.7 Å². The Morgan fingerprint density at radius 2 is 1.69 bits per heavy atom. The first kappa shape index (κ1) is 20.3. The van der Waals surface area contributed by atoms with Gasteiger partial charge >= 0.3 is 0 Å². The number of ether oxygens (including phenoxy) is 4. The van der Waals surface area contributed by atoms with E-state index < -0.39 is 5.91 Å². The molecule has 0 atom stereocenters. The summed E-state index contributed by atoms with van der Waals surface area (Å²) in [6.45, 7) is -0.0120. The Kier molecular flexibility index (Phi) is 6.42. The van der Waals surface area contributed by atoms with Crippen molar-refractivity contribution in [2.24, 2.45) is 4.99 Å². The van der Waals surface area contributed by atoms with Crippen molar-refractivity contribution >= 4 is 27.5 Å². The van der Waals surface area contributed by atoms with Gasteiger partial charge in [0.05, 0.1) is 27.9 Å². The van der Waals surface area contributed by atoms with Crippen molar-refractivity contribution in [3.05, 3.63) is 41.2 Å². The molecular weight excluding hydrogens is 392 g/mol. The molecule has 2 aromatic carbocycles. The second kappa shape index (κ2) is 9.17. The van der Waals surface area contributed by atoms with E-state index in [1.54, 1.807) is 49.1 Å². The SMILES string of the molecule is C#CCn1c(=NC(=O)COc2ccccc2OC)sc2c(OC)ccc(OC)c21. The highest BCUT2D eigenvalue weighted by molar-refractivity contribution is 7.16. The summed E-state index contributed by atoms with van der Waals surface area (Å²) in [4.78, 5) is 17.1. The first-order valence-corrected chi connectivity index (χ1v) is 9.45. The van der Waals surface area contributed by atoms with Crippen LogP contribution in [0.5, 0.6) is 23.0 Å². The lowest BCUT2D eigenvalue weighted by atomic mass is 10.3. The van der Waals surface area contributed by atoms with E-state index in [-0.39, 0.29) is 13.2 Å². The summed E-state index contributed by atoms with van der Waals surface area (Å²) in [6, 6.07) is 10.7. The molecule has 0 aliphatic rings. The molecule has 3 rings (SSSR count). The largest absolute Gasteiger partial charge is 0.495 e. The molecule has 0 radical (unpaired) electrons. The molecule has 0 fully saturated rings. The average molecular weight is 412 g/mol. The average Bonchev–Trinajstić information content (AvgIpc) is 3.10. The quantitative estimate of drug-likeness (QED) is 0.558. The van der Waals surface area contributed by atoms with Crippen LogP contribution in [0.2, 0.25) is 0 Å². The number of aromatic nitrogens is 1. The van der Waals surface area contributed by atoms with Crippen LogP contribution in [0.1, 0.15) is 0 Å². The number of thiazole rings is 1. The Morgan fingerprint density at radius 3 is 2.34 bits per heavy atom. The number of hydrogen-bond acceptors (Lipinski definition) is 6. The predicted octanol–water partition coefficient (Wildman–Crippen LogP) is 2.87. The van der Waals surface area contributed by atoms with Gasteiger partial charge in [-0.1, -0.05) is 29.4 Å². The van der Waals surface area contributed by atoms with Crippen molar-refractivity contribution in [3.8, 4) is 35.3 Å². The number of fused-ring (bicyclic) bond motifs is 1. The van der Waals surface area contributed by atoms with E-state index in [2.05, 4.69) is 10.9 Å². The van der Waals surface area contributed by atoms with Crippen LogP contribution in [-0.4, -0.2) is 38.4 Å². The minimum Gasteiger partial charge on any atom is -0.495 e. The fourth-order valence-corrected chi connectivity index (χ4v) is 3.95. The Morgan fingerprint density at radius 1 is 1.03 bits per heavy atom. The molecule has 0 unspecified atom stereocenters. The fraction of sp³-hybridized carbons (Fsp3) is 0.238. The first-order valence-electron chi connectivity index (χ1n) is 8.64. The number of amides is 1. The number of para-hydroxylation sites is 2. The molecule has 7 nitrogen and oxygen atoms in total. The highest BCUT2D eigenvalue weighted by atomic mass is 32.1.